The van der Waals surface area contributed by atoms with Gasteiger partial charge in [-0.2, -0.15) is 0 Å². The summed E-state index contributed by atoms with van der Waals surface area (Å²) >= 11 is 0. The number of alkyl carbamates (subject to hydrolysis) is 1. The van der Waals surface area contributed by atoms with Gasteiger partial charge in [0, 0.05) is 0 Å². The van der Waals surface area contributed by atoms with E-state index in [2.05, 4.69) is 16.0 Å². The molecule has 0 bridgehead atoms. The highest BCUT2D eigenvalue weighted by atomic mass is 16.5. The van der Waals surface area contributed by atoms with E-state index >= 15 is 0 Å². The van der Waals surface area contributed by atoms with Gasteiger partial charge in [-0.1, -0.05) is 71.9 Å². The van der Waals surface area contributed by atoms with E-state index in [0.717, 1.165) is 5.56 Å². The van der Waals surface area contributed by atoms with Crippen molar-refractivity contribution in [3.63, 3.8) is 0 Å². The lowest BCUT2D eigenvalue weighted by atomic mass is 9.75. The van der Waals surface area contributed by atoms with Crippen molar-refractivity contribution in [3.8, 4) is 0 Å². The Hall–Kier alpha value is -2.59. The smallest absolute Gasteiger partial charge is 0.445 e. The molecule has 196 valence electrons. The van der Waals surface area contributed by atoms with Crippen molar-refractivity contribution in [2.45, 2.75) is 85.4 Å². The highest BCUT2D eigenvalue weighted by Gasteiger charge is 2.32. The number of hydrogen-bond donors (Lipinski definition) is 5. The summed E-state index contributed by atoms with van der Waals surface area (Å²) in [5.41, 5.74) is 0.822. The lowest BCUT2D eigenvalue weighted by molar-refractivity contribution is -0.130. The zero-order valence-electron chi connectivity index (χ0n) is 21.8. The Labute approximate surface area is 209 Å². The highest BCUT2D eigenvalue weighted by Crippen LogP contribution is 2.11. The van der Waals surface area contributed by atoms with Gasteiger partial charge in [-0.3, -0.25) is 9.59 Å². The topological polar surface area (TPSA) is 137 Å². The van der Waals surface area contributed by atoms with Crippen LogP contribution >= 0.6 is 0 Å². The average Bonchev–Trinajstić information content (AvgIpc) is 2.76. The Morgan fingerprint density at radius 2 is 1.26 bits per heavy atom. The van der Waals surface area contributed by atoms with Crippen molar-refractivity contribution >= 4 is 25.0 Å². The minimum atomic E-state index is -1.72. The molecule has 1 aromatic rings. The van der Waals surface area contributed by atoms with Crippen LogP contribution in [0.4, 0.5) is 4.79 Å². The summed E-state index contributed by atoms with van der Waals surface area (Å²) in [6.07, 6.45) is 0.352. The maximum absolute atomic E-state index is 13.1. The SMILES string of the molecule is CC(C)CC(NC(=O)OCc1ccccc1)C(=O)N[C@H](CC(C)C)C(=O)N[C@@H](CC(C)C)B(O)O. The Morgan fingerprint density at radius 3 is 1.74 bits per heavy atom. The van der Waals surface area contributed by atoms with E-state index in [1.54, 1.807) is 0 Å². The lowest BCUT2D eigenvalue weighted by Crippen LogP contribution is -2.57. The van der Waals surface area contributed by atoms with Gasteiger partial charge < -0.3 is 30.7 Å². The molecule has 0 aromatic heterocycles. The lowest BCUT2D eigenvalue weighted by Gasteiger charge is -2.27. The van der Waals surface area contributed by atoms with Gasteiger partial charge >= 0.3 is 13.2 Å². The largest absolute Gasteiger partial charge is 0.475 e. The molecular weight excluding hydrogens is 449 g/mol. The van der Waals surface area contributed by atoms with Gasteiger partial charge in [0.25, 0.3) is 0 Å². The van der Waals surface area contributed by atoms with E-state index in [4.69, 9.17) is 4.74 Å². The first-order chi connectivity index (χ1) is 16.4. The highest BCUT2D eigenvalue weighted by molar-refractivity contribution is 6.43. The number of ether oxygens (including phenoxy) is 1. The van der Waals surface area contributed by atoms with Gasteiger partial charge in [-0.15, -0.1) is 0 Å². The zero-order valence-corrected chi connectivity index (χ0v) is 21.8. The molecule has 9 nitrogen and oxygen atoms in total. The van der Waals surface area contributed by atoms with Crippen LogP contribution in [0.1, 0.15) is 66.4 Å². The zero-order chi connectivity index (χ0) is 26.5. The number of hydrogen-bond acceptors (Lipinski definition) is 6. The molecule has 1 rings (SSSR count). The number of benzene rings is 1. The van der Waals surface area contributed by atoms with Crippen LogP contribution in [0.2, 0.25) is 0 Å². The Morgan fingerprint density at radius 1 is 0.771 bits per heavy atom. The van der Waals surface area contributed by atoms with Crippen molar-refractivity contribution in [3.05, 3.63) is 35.9 Å². The number of carbonyl (C=O) groups is 3. The summed E-state index contributed by atoms with van der Waals surface area (Å²) in [6, 6.07) is 7.42. The second kappa shape index (κ2) is 15.4. The molecule has 3 atom stereocenters. The van der Waals surface area contributed by atoms with E-state index in [0.29, 0.717) is 19.3 Å². The van der Waals surface area contributed by atoms with Gasteiger partial charge in [0.15, 0.2) is 0 Å². The van der Waals surface area contributed by atoms with Crippen molar-refractivity contribution in [2.75, 3.05) is 0 Å². The fraction of sp³-hybridized carbons (Fsp3) is 0.640. The van der Waals surface area contributed by atoms with Crippen LogP contribution in [0, 0.1) is 17.8 Å². The van der Waals surface area contributed by atoms with Crippen LogP contribution in [-0.2, 0) is 20.9 Å². The molecular formula is C25H42BN3O6. The van der Waals surface area contributed by atoms with Crippen LogP contribution in [0.5, 0.6) is 0 Å². The van der Waals surface area contributed by atoms with Crippen molar-refractivity contribution in [2.24, 2.45) is 17.8 Å². The van der Waals surface area contributed by atoms with E-state index in [1.165, 1.54) is 0 Å². The van der Waals surface area contributed by atoms with Crippen LogP contribution in [0.3, 0.4) is 0 Å². The van der Waals surface area contributed by atoms with E-state index in [-0.39, 0.29) is 24.4 Å². The molecule has 0 radical (unpaired) electrons. The number of nitrogens with one attached hydrogen (secondary N) is 3. The monoisotopic (exact) mass is 491 g/mol. The minimum Gasteiger partial charge on any atom is -0.445 e. The number of carbonyl (C=O) groups excluding carboxylic acids is 3. The number of rotatable bonds is 14. The van der Waals surface area contributed by atoms with Crippen LogP contribution in [-0.4, -0.2) is 53.1 Å². The fourth-order valence-corrected chi connectivity index (χ4v) is 3.63. The van der Waals surface area contributed by atoms with Crippen molar-refractivity contribution < 1.29 is 29.2 Å². The maximum atomic E-state index is 13.1. The molecule has 0 saturated carbocycles. The first-order valence-electron chi connectivity index (χ1n) is 12.3. The predicted molar refractivity (Wildman–Crippen MR) is 136 cm³/mol. The third-order valence-corrected chi connectivity index (χ3v) is 5.28. The van der Waals surface area contributed by atoms with Gasteiger partial charge in [-0.05, 0) is 42.6 Å². The molecule has 0 heterocycles. The quantitative estimate of drug-likeness (QED) is 0.254. The molecule has 0 spiro atoms. The fourth-order valence-electron chi connectivity index (χ4n) is 3.63. The molecule has 0 aliphatic heterocycles. The Balaban J connectivity index is 2.87. The van der Waals surface area contributed by atoms with Gasteiger partial charge in [-0.25, -0.2) is 4.79 Å². The van der Waals surface area contributed by atoms with Crippen molar-refractivity contribution in [1.29, 1.82) is 0 Å². The molecule has 10 heteroatoms. The average molecular weight is 491 g/mol. The third kappa shape index (κ3) is 12.6. The van der Waals surface area contributed by atoms with Gasteiger partial charge in [0.2, 0.25) is 11.8 Å². The molecule has 1 unspecified atom stereocenters. The molecule has 0 fully saturated rings. The molecule has 3 amide bonds. The van der Waals surface area contributed by atoms with Crippen LogP contribution < -0.4 is 16.0 Å². The minimum absolute atomic E-state index is 0.0712. The predicted octanol–water partition coefficient (Wildman–Crippen LogP) is 2.40. The summed E-state index contributed by atoms with van der Waals surface area (Å²) in [5, 5.41) is 27.3. The summed E-state index contributed by atoms with van der Waals surface area (Å²) < 4.78 is 5.26. The maximum Gasteiger partial charge on any atom is 0.475 e. The summed E-state index contributed by atoms with van der Waals surface area (Å²) in [5.74, 6) is -1.55. The first kappa shape index (κ1) is 30.4. The standard InChI is InChI=1S/C25H42BN3O6/c1-16(2)12-20(24(31)29-22(26(33)34)14-18(5)6)27-23(30)21(13-17(3)4)28-25(32)35-15-19-10-8-7-9-11-19/h7-11,16-18,20-22,33-34H,12-15H2,1-6H3,(H,27,30)(H,28,32)(H,29,31)/t20-,21?,22+/m1/s1. The van der Waals surface area contributed by atoms with E-state index in [1.807, 2.05) is 71.9 Å². The van der Waals surface area contributed by atoms with Gasteiger partial charge in [0.1, 0.15) is 18.7 Å². The van der Waals surface area contributed by atoms with E-state index < -0.39 is 43.1 Å². The molecule has 0 saturated heterocycles. The summed E-state index contributed by atoms with van der Waals surface area (Å²) in [7, 11) is -1.72. The summed E-state index contributed by atoms with van der Waals surface area (Å²) in [4.78, 5) is 38.5. The molecule has 1 aromatic carbocycles. The third-order valence-electron chi connectivity index (χ3n) is 5.28. The van der Waals surface area contributed by atoms with Crippen LogP contribution in [0.25, 0.3) is 0 Å². The second-order valence-corrected chi connectivity index (χ2v) is 10.2. The molecule has 5 N–H and O–H groups in total. The first-order valence-corrected chi connectivity index (χ1v) is 12.3. The number of amides is 3. The molecule has 0 aliphatic rings. The Kier molecular flexibility index (Phi) is 13.4. The normalized spacial score (nSPS) is 13.8. The van der Waals surface area contributed by atoms with Crippen LogP contribution in [0.15, 0.2) is 30.3 Å². The van der Waals surface area contributed by atoms with E-state index in [9.17, 15) is 24.4 Å². The Bertz CT molecular complexity index is 789. The molecule has 0 aliphatic carbocycles. The molecule has 35 heavy (non-hydrogen) atoms. The summed E-state index contributed by atoms with van der Waals surface area (Å²) in [6.45, 7) is 11.6. The van der Waals surface area contributed by atoms with Gasteiger partial charge in [0.05, 0.1) is 5.94 Å². The van der Waals surface area contributed by atoms with Crippen molar-refractivity contribution in [1.82, 2.24) is 16.0 Å². The second-order valence-electron chi connectivity index (χ2n) is 10.2.